The van der Waals surface area contributed by atoms with Crippen LogP contribution in [0.5, 0.6) is 0 Å². The molecule has 1 aliphatic rings. The van der Waals surface area contributed by atoms with Crippen molar-refractivity contribution in [2.75, 3.05) is 32.4 Å². The Morgan fingerprint density at radius 1 is 1.60 bits per heavy atom. The van der Waals surface area contributed by atoms with Crippen LogP contribution in [0.4, 0.5) is 0 Å². The van der Waals surface area contributed by atoms with Crippen molar-refractivity contribution in [2.45, 2.75) is 26.8 Å². The maximum atomic E-state index is 4.50. The number of nitrogens with one attached hydrogen (secondary N) is 1. The van der Waals surface area contributed by atoms with Gasteiger partial charge >= 0.3 is 0 Å². The third-order valence-electron chi connectivity index (χ3n) is 2.67. The number of nitrogens with zero attached hydrogens (tertiary/aromatic N) is 2. The predicted molar refractivity (Wildman–Crippen MR) is 69.7 cm³/mol. The van der Waals surface area contributed by atoms with Gasteiger partial charge < -0.3 is 10.2 Å². The van der Waals surface area contributed by atoms with Crippen LogP contribution in [-0.2, 0) is 0 Å². The standard InChI is InChI=1S/C11H23N3S/c1-9(2)14(4)6-5-12-11-13-7-10(3)8-15-11/h9-10H,5-8H2,1-4H3,(H,12,13). The van der Waals surface area contributed by atoms with Gasteiger partial charge in [0, 0.05) is 31.4 Å². The highest BCUT2D eigenvalue weighted by Gasteiger charge is 2.11. The summed E-state index contributed by atoms with van der Waals surface area (Å²) < 4.78 is 0. The lowest BCUT2D eigenvalue weighted by Gasteiger charge is -2.22. The van der Waals surface area contributed by atoms with Gasteiger partial charge in [-0.3, -0.25) is 4.99 Å². The Hall–Kier alpha value is -0.220. The zero-order valence-electron chi connectivity index (χ0n) is 10.3. The molecular weight excluding hydrogens is 206 g/mol. The zero-order chi connectivity index (χ0) is 11.3. The summed E-state index contributed by atoms with van der Waals surface area (Å²) in [6.07, 6.45) is 0. The van der Waals surface area contributed by atoms with Crippen molar-refractivity contribution in [1.29, 1.82) is 0 Å². The molecule has 0 aromatic rings. The van der Waals surface area contributed by atoms with Crippen LogP contribution in [-0.4, -0.2) is 48.5 Å². The summed E-state index contributed by atoms with van der Waals surface area (Å²) in [5, 5.41) is 4.53. The number of rotatable bonds is 4. The molecule has 1 rings (SSSR count). The molecule has 4 heteroatoms. The second-order valence-electron chi connectivity index (χ2n) is 4.56. The average Bonchev–Trinajstić information content (AvgIpc) is 2.20. The SMILES string of the molecule is CC1CN=C(NCCN(C)C(C)C)SC1. The van der Waals surface area contributed by atoms with Crippen molar-refractivity contribution in [3.05, 3.63) is 0 Å². The van der Waals surface area contributed by atoms with Gasteiger partial charge in [-0.1, -0.05) is 18.7 Å². The third kappa shape index (κ3) is 4.89. The van der Waals surface area contributed by atoms with Crippen LogP contribution >= 0.6 is 11.8 Å². The quantitative estimate of drug-likeness (QED) is 0.794. The number of hydrogen-bond acceptors (Lipinski definition) is 4. The average molecular weight is 229 g/mol. The van der Waals surface area contributed by atoms with Crippen molar-refractivity contribution in [3.8, 4) is 0 Å². The zero-order valence-corrected chi connectivity index (χ0v) is 11.1. The molecule has 88 valence electrons. The second kappa shape index (κ2) is 6.38. The maximum absolute atomic E-state index is 4.50. The van der Waals surface area contributed by atoms with Gasteiger partial charge in [-0.05, 0) is 26.8 Å². The van der Waals surface area contributed by atoms with E-state index in [0.717, 1.165) is 30.7 Å². The smallest absolute Gasteiger partial charge is 0.156 e. The number of aliphatic imine (C=N–C) groups is 1. The fraction of sp³-hybridized carbons (Fsp3) is 0.909. The molecular formula is C11H23N3S. The van der Waals surface area contributed by atoms with Crippen LogP contribution in [0.25, 0.3) is 0 Å². The van der Waals surface area contributed by atoms with Gasteiger partial charge in [0.15, 0.2) is 5.17 Å². The molecule has 0 saturated carbocycles. The largest absolute Gasteiger partial charge is 0.364 e. The molecule has 1 unspecified atom stereocenters. The Balaban J connectivity index is 2.15. The lowest BCUT2D eigenvalue weighted by atomic mass is 10.2. The Bertz CT molecular complexity index is 216. The van der Waals surface area contributed by atoms with Crippen LogP contribution in [0.1, 0.15) is 20.8 Å². The number of likely N-dealkylation sites (N-methyl/N-ethyl adjacent to an activating group) is 1. The maximum Gasteiger partial charge on any atom is 0.156 e. The molecule has 15 heavy (non-hydrogen) atoms. The molecule has 0 radical (unpaired) electrons. The molecule has 1 aliphatic heterocycles. The van der Waals surface area contributed by atoms with Gasteiger partial charge in [0.1, 0.15) is 0 Å². The lowest BCUT2D eigenvalue weighted by molar-refractivity contribution is 0.278. The van der Waals surface area contributed by atoms with E-state index in [1.54, 1.807) is 0 Å². The van der Waals surface area contributed by atoms with Gasteiger partial charge in [-0.25, -0.2) is 0 Å². The highest BCUT2D eigenvalue weighted by Crippen LogP contribution is 2.15. The number of hydrogen-bond donors (Lipinski definition) is 1. The normalized spacial score (nSPS) is 22.0. The van der Waals surface area contributed by atoms with Crippen molar-refractivity contribution in [2.24, 2.45) is 10.9 Å². The molecule has 0 saturated heterocycles. The second-order valence-corrected chi connectivity index (χ2v) is 5.57. The molecule has 0 spiro atoms. The first-order valence-corrected chi connectivity index (χ1v) is 6.69. The van der Waals surface area contributed by atoms with Gasteiger partial charge in [0.2, 0.25) is 0 Å². The Morgan fingerprint density at radius 3 is 2.87 bits per heavy atom. The Morgan fingerprint density at radius 2 is 2.33 bits per heavy atom. The molecule has 0 aliphatic carbocycles. The summed E-state index contributed by atoms with van der Waals surface area (Å²) in [4.78, 5) is 6.84. The lowest BCUT2D eigenvalue weighted by Crippen LogP contribution is -2.36. The molecule has 3 nitrogen and oxygen atoms in total. The fourth-order valence-corrected chi connectivity index (χ4v) is 2.18. The topological polar surface area (TPSA) is 27.6 Å². The minimum atomic E-state index is 0.618. The highest BCUT2D eigenvalue weighted by atomic mass is 32.2. The third-order valence-corrected chi connectivity index (χ3v) is 3.96. The van der Waals surface area contributed by atoms with Crippen molar-refractivity contribution in [1.82, 2.24) is 10.2 Å². The number of amidine groups is 1. The first-order valence-electron chi connectivity index (χ1n) is 5.71. The summed E-state index contributed by atoms with van der Waals surface area (Å²) in [5.74, 6) is 1.94. The van der Waals surface area contributed by atoms with E-state index in [2.05, 4.69) is 43.0 Å². The summed E-state index contributed by atoms with van der Waals surface area (Å²) in [5.41, 5.74) is 0. The molecule has 0 aromatic heterocycles. The van der Waals surface area contributed by atoms with E-state index in [1.807, 2.05) is 11.8 Å². The minimum absolute atomic E-state index is 0.618. The van der Waals surface area contributed by atoms with E-state index in [1.165, 1.54) is 5.75 Å². The fourth-order valence-electron chi connectivity index (χ4n) is 1.26. The first kappa shape index (κ1) is 12.8. The van der Waals surface area contributed by atoms with Crippen molar-refractivity contribution < 1.29 is 0 Å². The summed E-state index contributed by atoms with van der Waals surface area (Å²) >= 11 is 1.85. The van der Waals surface area contributed by atoms with Gasteiger partial charge in [0.05, 0.1) is 0 Å². The summed E-state index contributed by atoms with van der Waals surface area (Å²) in [7, 11) is 2.16. The van der Waals surface area contributed by atoms with Crippen LogP contribution in [0.3, 0.4) is 0 Å². The predicted octanol–water partition coefficient (Wildman–Crippen LogP) is 1.66. The molecule has 1 N–H and O–H groups in total. The Labute approximate surface area is 97.7 Å². The number of thioether (sulfide) groups is 1. The Kier molecular flexibility index (Phi) is 5.47. The van der Waals surface area contributed by atoms with Crippen LogP contribution < -0.4 is 5.32 Å². The van der Waals surface area contributed by atoms with Gasteiger partial charge in [-0.2, -0.15) is 0 Å². The summed E-state index contributed by atoms with van der Waals surface area (Å²) in [6.45, 7) is 9.74. The van der Waals surface area contributed by atoms with Gasteiger partial charge in [-0.15, -0.1) is 0 Å². The molecule has 0 amide bonds. The van der Waals surface area contributed by atoms with E-state index >= 15 is 0 Å². The monoisotopic (exact) mass is 229 g/mol. The highest BCUT2D eigenvalue weighted by molar-refractivity contribution is 8.13. The summed E-state index contributed by atoms with van der Waals surface area (Å²) in [6, 6.07) is 0.618. The van der Waals surface area contributed by atoms with E-state index < -0.39 is 0 Å². The van der Waals surface area contributed by atoms with E-state index in [4.69, 9.17) is 0 Å². The van der Waals surface area contributed by atoms with E-state index in [9.17, 15) is 0 Å². The van der Waals surface area contributed by atoms with Crippen molar-refractivity contribution in [3.63, 3.8) is 0 Å². The molecule has 0 fully saturated rings. The molecule has 0 bridgehead atoms. The van der Waals surface area contributed by atoms with Gasteiger partial charge in [0.25, 0.3) is 0 Å². The van der Waals surface area contributed by atoms with Crippen LogP contribution in [0, 0.1) is 5.92 Å². The van der Waals surface area contributed by atoms with E-state index in [-0.39, 0.29) is 0 Å². The molecule has 1 atom stereocenters. The van der Waals surface area contributed by atoms with Crippen LogP contribution in [0.2, 0.25) is 0 Å². The van der Waals surface area contributed by atoms with Crippen LogP contribution in [0.15, 0.2) is 4.99 Å². The van der Waals surface area contributed by atoms with Crippen molar-refractivity contribution >= 4 is 16.9 Å². The van der Waals surface area contributed by atoms with E-state index in [0.29, 0.717) is 6.04 Å². The molecule has 0 aromatic carbocycles. The first-order chi connectivity index (χ1) is 7.09. The minimum Gasteiger partial charge on any atom is -0.364 e. The molecule has 1 heterocycles.